The first-order valence-corrected chi connectivity index (χ1v) is 13.8. The SMILES string of the molecule is C=C(C[C@H]1[C@@H](NS(=O)(=O)CC)C(F)(F)CN1C(=O)C12CC(C1)C2)/C(F)=C(\C=C/C)c1cccc(C)n1. The highest BCUT2D eigenvalue weighted by atomic mass is 32.2. The lowest BCUT2D eigenvalue weighted by molar-refractivity contribution is -0.178. The molecular weight excluding hydrogens is 491 g/mol. The summed E-state index contributed by atoms with van der Waals surface area (Å²) in [6.45, 7) is 7.72. The zero-order chi connectivity index (χ0) is 26.5. The molecule has 0 unspecified atom stereocenters. The third kappa shape index (κ3) is 4.77. The first kappa shape index (κ1) is 26.6. The molecule has 6 nitrogen and oxygen atoms in total. The molecule has 10 heteroatoms. The maximum Gasteiger partial charge on any atom is 0.283 e. The number of likely N-dealkylation sites (tertiary alicyclic amines) is 1. The molecule has 5 rings (SSSR count). The number of aromatic nitrogens is 1. The van der Waals surface area contributed by atoms with Gasteiger partial charge in [0, 0.05) is 11.3 Å². The molecule has 196 valence electrons. The summed E-state index contributed by atoms with van der Waals surface area (Å²) in [7, 11) is -4.03. The molecule has 1 amide bonds. The van der Waals surface area contributed by atoms with Gasteiger partial charge in [-0.3, -0.25) is 9.78 Å². The maximum absolute atomic E-state index is 15.7. The topological polar surface area (TPSA) is 79.4 Å². The number of rotatable bonds is 9. The molecule has 2 heterocycles. The zero-order valence-corrected chi connectivity index (χ0v) is 21.5. The summed E-state index contributed by atoms with van der Waals surface area (Å²) in [5.41, 5.74) is 0.417. The van der Waals surface area contributed by atoms with Crippen LogP contribution in [0, 0.1) is 18.3 Å². The summed E-state index contributed by atoms with van der Waals surface area (Å²) >= 11 is 0. The van der Waals surface area contributed by atoms with Crippen molar-refractivity contribution in [3.05, 3.63) is 59.7 Å². The largest absolute Gasteiger partial charge is 0.331 e. The van der Waals surface area contributed by atoms with Crippen molar-refractivity contribution in [1.82, 2.24) is 14.6 Å². The average molecular weight is 524 g/mol. The second-order valence-corrected chi connectivity index (χ2v) is 12.3. The van der Waals surface area contributed by atoms with Crippen LogP contribution < -0.4 is 4.72 Å². The van der Waals surface area contributed by atoms with Crippen LogP contribution in [0.2, 0.25) is 0 Å². The number of sulfonamides is 1. The van der Waals surface area contributed by atoms with E-state index in [0.29, 0.717) is 36.6 Å². The predicted molar refractivity (Wildman–Crippen MR) is 132 cm³/mol. The highest BCUT2D eigenvalue weighted by Gasteiger charge is 2.66. The second-order valence-electron chi connectivity index (χ2n) is 10.2. The van der Waals surface area contributed by atoms with Crippen LogP contribution in [0.4, 0.5) is 13.2 Å². The van der Waals surface area contributed by atoms with E-state index in [1.165, 1.54) is 13.0 Å². The fraction of sp³-hybridized carbons (Fsp3) is 0.538. The van der Waals surface area contributed by atoms with Crippen molar-refractivity contribution >= 4 is 21.5 Å². The van der Waals surface area contributed by atoms with Crippen LogP contribution in [-0.4, -0.2) is 54.5 Å². The van der Waals surface area contributed by atoms with E-state index >= 15 is 13.2 Å². The first-order chi connectivity index (χ1) is 16.8. The van der Waals surface area contributed by atoms with Gasteiger partial charge in [0.2, 0.25) is 15.9 Å². The highest BCUT2D eigenvalue weighted by molar-refractivity contribution is 7.89. The molecule has 2 atom stereocenters. The normalized spacial score (nSPS) is 29.5. The van der Waals surface area contributed by atoms with Gasteiger partial charge < -0.3 is 4.90 Å². The molecule has 3 saturated carbocycles. The third-order valence-electron chi connectivity index (χ3n) is 7.56. The van der Waals surface area contributed by atoms with Crippen LogP contribution in [0.25, 0.3) is 5.57 Å². The monoisotopic (exact) mass is 523 g/mol. The number of hydrogen-bond acceptors (Lipinski definition) is 4. The van der Waals surface area contributed by atoms with Crippen molar-refractivity contribution in [2.45, 2.75) is 64.5 Å². The van der Waals surface area contributed by atoms with E-state index in [2.05, 4.69) is 16.3 Å². The Balaban J connectivity index is 1.69. The van der Waals surface area contributed by atoms with E-state index in [9.17, 15) is 13.2 Å². The highest BCUT2D eigenvalue weighted by Crippen LogP contribution is 2.65. The smallest absolute Gasteiger partial charge is 0.283 e. The maximum atomic E-state index is 15.7. The number of pyridine rings is 1. The number of nitrogens with one attached hydrogen (secondary N) is 1. The van der Waals surface area contributed by atoms with Crippen molar-refractivity contribution in [3.63, 3.8) is 0 Å². The molecule has 1 aromatic rings. The number of aryl methyl sites for hydroxylation is 1. The summed E-state index contributed by atoms with van der Waals surface area (Å²) in [6, 6.07) is 1.97. The van der Waals surface area contributed by atoms with Crippen molar-refractivity contribution in [3.8, 4) is 0 Å². The van der Waals surface area contributed by atoms with Crippen molar-refractivity contribution in [1.29, 1.82) is 0 Å². The van der Waals surface area contributed by atoms with E-state index in [1.807, 2.05) is 0 Å². The van der Waals surface area contributed by atoms with Gasteiger partial charge in [-0.1, -0.05) is 24.8 Å². The number of carbonyl (C=O) groups is 1. The van der Waals surface area contributed by atoms with E-state index in [4.69, 9.17) is 0 Å². The number of allylic oxidation sites excluding steroid dienone is 4. The van der Waals surface area contributed by atoms with Gasteiger partial charge in [-0.05, 0) is 70.1 Å². The van der Waals surface area contributed by atoms with Crippen LogP contribution in [0.5, 0.6) is 0 Å². The van der Waals surface area contributed by atoms with E-state index < -0.39 is 57.5 Å². The Hall–Kier alpha value is -2.46. The Labute approximate surface area is 210 Å². The molecular formula is C26H32F3N3O3S. The quantitative estimate of drug-likeness (QED) is 0.482. The third-order valence-corrected chi connectivity index (χ3v) is 8.93. The van der Waals surface area contributed by atoms with Gasteiger partial charge in [-0.2, -0.15) is 0 Å². The van der Waals surface area contributed by atoms with Crippen LogP contribution in [-0.2, 0) is 14.8 Å². The number of hydrogen-bond donors (Lipinski definition) is 1. The van der Waals surface area contributed by atoms with Gasteiger partial charge in [0.05, 0.1) is 29.4 Å². The number of alkyl halides is 2. The molecule has 4 aliphatic rings. The Morgan fingerprint density at radius 2 is 1.97 bits per heavy atom. The van der Waals surface area contributed by atoms with Crippen LogP contribution in [0.3, 0.4) is 0 Å². The molecule has 0 spiro atoms. The standard InChI is InChI=1S/C26H32F3N3O3S/c1-5-8-19(20-10-7-9-17(4)30-20)22(27)16(3)11-21-23(31-36(34,35)6-2)26(28,29)15-32(21)24(33)25-12-18(13-25)14-25/h5,7-10,18,21,23,31H,3,6,11-15H2,1-2,4H3/b8-5-,22-19-/t18?,21-,23+,25?/m0/s1. The molecule has 1 N–H and O–H groups in total. The molecule has 0 aromatic carbocycles. The Bertz CT molecular complexity index is 1220. The summed E-state index contributed by atoms with van der Waals surface area (Å²) in [5.74, 6) is -4.61. The molecule has 2 bridgehead atoms. The zero-order valence-electron chi connectivity index (χ0n) is 20.7. The minimum absolute atomic E-state index is 0.106. The molecule has 1 aromatic heterocycles. The van der Waals surface area contributed by atoms with Crippen LogP contribution in [0.15, 0.2) is 48.3 Å². The second kappa shape index (κ2) is 9.45. The summed E-state index contributed by atoms with van der Waals surface area (Å²) in [4.78, 5) is 18.8. The van der Waals surface area contributed by atoms with Gasteiger partial charge in [-0.15, -0.1) is 0 Å². The van der Waals surface area contributed by atoms with E-state index in [1.54, 1.807) is 38.1 Å². The Morgan fingerprint density at radius 3 is 2.50 bits per heavy atom. The lowest BCUT2D eigenvalue weighted by Gasteiger charge is -2.61. The minimum Gasteiger partial charge on any atom is -0.331 e. The summed E-state index contributed by atoms with van der Waals surface area (Å²) in [5, 5.41) is 0. The molecule has 0 radical (unpaired) electrons. The molecule has 36 heavy (non-hydrogen) atoms. The number of nitrogens with zero attached hydrogens (tertiary/aromatic N) is 2. The van der Waals surface area contributed by atoms with Gasteiger partial charge in [0.1, 0.15) is 11.9 Å². The van der Waals surface area contributed by atoms with Gasteiger partial charge in [0.15, 0.2) is 0 Å². The Morgan fingerprint density at radius 1 is 1.31 bits per heavy atom. The van der Waals surface area contributed by atoms with E-state index in [-0.39, 0.29) is 17.6 Å². The average Bonchev–Trinajstić information content (AvgIpc) is 2.99. The van der Waals surface area contributed by atoms with E-state index in [0.717, 1.165) is 4.90 Å². The van der Waals surface area contributed by atoms with Crippen molar-refractivity contribution < 1.29 is 26.4 Å². The molecule has 1 saturated heterocycles. The number of carbonyl (C=O) groups excluding carboxylic acids is 1. The summed E-state index contributed by atoms with van der Waals surface area (Å²) in [6.07, 6.45) is 4.78. The lowest BCUT2D eigenvalue weighted by Crippen LogP contribution is -2.62. The van der Waals surface area contributed by atoms with Gasteiger partial charge in [0.25, 0.3) is 5.92 Å². The van der Waals surface area contributed by atoms with Crippen molar-refractivity contribution in [2.24, 2.45) is 11.3 Å². The van der Waals surface area contributed by atoms with Crippen molar-refractivity contribution in [2.75, 3.05) is 12.3 Å². The van der Waals surface area contributed by atoms with Crippen LogP contribution >= 0.6 is 0 Å². The van der Waals surface area contributed by atoms with Crippen LogP contribution in [0.1, 0.15) is 50.9 Å². The molecule has 4 fully saturated rings. The summed E-state index contributed by atoms with van der Waals surface area (Å²) < 4.78 is 72.9. The number of halogens is 3. The first-order valence-electron chi connectivity index (χ1n) is 12.2. The lowest BCUT2D eigenvalue weighted by atomic mass is 9.44. The fourth-order valence-electron chi connectivity index (χ4n) is 5.50. The fourth-order valence-corrected chi connectivity index (χ4v) is 6.39. The molecule has 3 aliphatic carbocycles. The molecule has 1 aliphatic heterocycles. The minimum atomic E-state index is -4.03. The Kier molecular flexibility index (Phi) is 6.98. The van der Waals surface area contributed by atoms with Gasteiger partial charge in [-0.25, -0.2) is 26.3 Å². The predicted octanol–water partition coefficient (Wildman–Crippen LogP) is 4.55. The number of amides is 1. The van der Waals surface area contributed by atoms with Gasteiger partial charge >= 0.3 is 0 Å².